The normalized spacial score (nSPS) is 16.4. The van der Waals surface area contributed by atoms with E-state index in [1.165, 1.54) is 11.3 Å². The molecule has 1 saturated heterocycles. The van der Waals surface area contributed by atoms with Crippen molar-refractivity contribution < 1.29 is 9.32 Å². The number of hydrogen-bond donors (Lipinski definition) is 0. The van der Waals surface area contributed by atoms with Gasteiger partial charge in [-0.25, -0.2) is 4.98 Å². The molecule has 0 N–H and O–H groups in total. The number of aryl methyl sites for hydroxylation is 1. The second-order valence-corrected chi connectivity index (χ2v) is 7.15. The second kappa shape index (κ2) is 6.97. The fraction of sp³-hybridized carbons (Fsp3) is 0.471. The van der Waals surface area contributed by atoms with Crippen molar-refractivity contribution in [2.24, 2.45) is 0 Å². The largest absolute Gasteiger partial charge is 0.360 e. The van der Waals surface area contributed by atoms with E-state index < -0.39 is 0 Å². The minimum absolute atomic E-state index is 0.0192. The molecule has 1 amide bonds. The fourth-order valence-electron chi connectivity index (χ4n) is 3.14. The number of hydrogen-bond acceptors (Lipinski definition) is 6. The van der Waals surface area contributed by atoms with E-state index in [9.17, 15) is 4.79 Å². The summed E-state index contributed by atoms with van der Waals surface area (Å²) < 4.78 is 7.28. The van der Waals surface area contributed by atoms with Gasteiger partial charge in [0.1, 0.15) is 5.69 Å². The van der Waals surface area contributed by atoms with Crippen LogP contribution in [0.5, 0.6) is 0 Å². The summed E-state index contributed by atoms with van der Waals surface area (Å²) in [5.41, 5.74) is 1.52. The van der Waals surface area contributed by atoms with Crippen molar-refractivity contribution in [2.45, 2.75) is 26.3 Å². The van der Waals surface area contributed by atoms with Crippen molar-refractivity contribution in [1.82, 2.24) is 24.3 Å². The SMILES string of the molecule is CCc1cc(CN2CCCN(C(=O)c3cn4ccsc4n3)CC2)on1. The average Bonchev–Trinajstić information content (AvgIpc) is 3.28. The van der Waals surface area contributed by atoms with Crippen LogP contribution >= 0.6 is 11.3 Å². The smallest absolute Gasteiger partial charge is 0.274 e. The van der Waals surface area contributed by atoms with Gasteiger partial charge in [0.2, 0.25) is 0 Å². The van der Waals surface area contributed by atoms with Gasteiger partial charge in [-0.3, -0.25) is 14.1 Å². The van der Waals surface area contributed by atoms with Crippen LogP contribution in [0.15, 0.2) is 28.4 Å². The summed E-state index contributed by atoms with van der Waals surface area (Å²) in [6, 6.07) is 2.02. The molecule has 25 heavy (non-hydrogen) atoms. The molecule has 0 aromatic carbocycles. The van der Waals surface area contributed by atoms with Gasteiger partial charge in [0.15, 0.2) is 10.7 Å². The van der Waals surface area contributed by atoms with E-state index in [4.69, 9.17) is 4.52 Å². The summed E-state index contributed by atoms with van der Waals surface area (Å²) in [4.78, 5) is 22.2. The highest BCUT2D eigenvalue weighted by Crippen LogP contribution is 2.15. The highest BCUT2D eigenvalue weighted by Gasteiger charge is 2.23. The molecule has 0 atom stereocenters. The highest BCUT2D eigenvalue weighted by atomic mass is 32.1. The Morgan fingerprint density at radius 3 is 3.04 bits per heavy atom. The third-order valence-corrected chi connectivity index (χ3v) is 5.31. The van der Waals surface area contributed by atoms with Gasteiger partial charge in [0.05, 0.1) is 12.2 Å². The molecule has 3 aromatic heterocycles. The molecule has 1 aliphatic rings. The first-order chi connectivity index (χ1) is 12.2. The zero-order chi connectivity index (χ0) is 17.2. The first-order valence-electron chi connectivity index (χ1n) is 8.61. The van der Waals surface area contributed by atoms with Crippen molar-refractivity contribution in [2.75, 3.05) is 26.2 Å². The lowest BCUT2D eigenvalue weighted by Crippen LogP contribution is -2.35. The predicted octanol–water partition coefficient (Wildman–Crippen LogP) is 2.29. The van der Waals surface area contributed by atoms with Gasteiger partial charge in [0.25, 0.3) is 5.91 Å². The maximum atomic E-state index is 12.7. The lowest BCUT2D eigenvalue weighted by Gasteiger charge is -2.20. The van der Waals surface area contributed by atoms with Crippen molar-refractivity contribution in [1.29, 1.82) is 0 Å². The van der Waals surface area contributed by atoms with E-state index in [0.29, 0.717) is 12.2 Å². The van der Waals surface area contributed by atoms with Crippen LogP contribution in [0, 0.1) is 0 Å². The zero-order valence-electron chi connectivity index (χ0n) is 14.2. The molecule has 1 fully saturated rings. The molecule has 1 aliphatic heterocycles. The predicted molar refractivity (Wildman–Crippen MR) is 94.7 cm³/mol. The van der Waals surface area contributed by atoms with E-state index in [1.54, 1.807) is 0 Å². The lowest BCUT2D eigenvalue weighted by atomic mass is 10.3. The minimum Gasteiger partial charge on any atom is -0.360 e. The van der Waals surface area contributed by atoms with Gasteiger partial charge in [-0.1, -0.05) is 12.1 Å². The Balaban J connectivity index is 1.38. The van der Waals surface area contributed by atoms with Gasteiger partial charge in [0, 0.05) is 50.0 Å². The Bertz CT molecular complexity index is 839. The first-order valence-corrected chi connectivity index (χ1v) is 9.49. The maximum Gasteiger partial charge on any atom is 0.274 e. The van der Waals surface area contributed by atoms with Gasteiger partial charge in [-0.2, -0.15) is 0 Å². The molecule has 0 unspecified atom stereocenters. The van der Waals surface area contributed by atoms with Crippen molar-refractivity contribution in [3.05, 3.63) is 41.0 Å². The molecule has 0 bridgehead atoms. The van der Waals surface area contributed by atoms with Crippen molar-refractivity contribution in [3.63, 3.8) is 0 Å². The van der Waals surface area contributed by atoms with Gasteiger partial charge in [-0.05, 0) is 12.8 Å². The molecule has 3 aromatic rings. The quantitative estimate of drug-likeness (QED) is 0.715. The standard InChI is InChI=1S/C17H21N5O2S/c1-2-13-10-14(24-19-13)11-20-4-3-5-21(7-6-20)16(23)15-12-22-8-9-25-17(22)18-15/h8-10,12H,2-7,11H2,1H3. The van der Waals surface area contributed by atoms with Crippen molar-refractivity contribution >= 4 is 22.2 Å². The van der Waals surface area contributed by atoms with Gasteiger partial charge < -0.3 is 9.42 Å². The third kappa shape index (κ3) is 3.45. The van der Waals surface area contributed by atoms with Crippen LogP contribution in [0.3, 0.4) is 0 Å². The number of carbonyl (C=O) groups is 1. The second-order valence-electron chi connectivity index (χ2n) is 6.28. The minimum atomic E-state index is 0.0192. The fourth-order valence-corrected chi connectivity index (χ4v) is 3.84. The van der Waals surface area contributed by atoms with Crippen molar-refractivity contribution in [3.8, 4) is 0 Å². The monoisotopic (exact) mass is 359 g/mol. The molecule has 132 valence electrons. The first kappa shape index (κ1) is 16.3. The number of thiazole rings is 1. The summed E-state index contributed by atoms with van der Waals surface area (Å²) >= 11 is 1.54. The van der Waals surface area contributed by atoms with Crippen LogP contribution in [0.25, 0.3) is 4.96 Å². The summed E-state index contributed by atoms with van der Waals surface area (Å²) in [7, 11) is 0. The summed E-state index contributed by atoms with van der Waals surface area (Å²) in [6.45, 7) is 6.06. The van der Waals surface area contributed by atoms with E-state index >= 15 is 0 Å². The van der Waals surface area contributed by atoms with Crippen LogP contribution in [0.1, 0.15) is 35.3 Å². The van der Waals surface area contributed by atoms with E-state index in [2.05, 4.69) is 22.0 Å². The Kier molecular flexibility index (Phi) is 4.54. The molecular formula is C17H21N5O2S. The van der Waals surface area contributed by atoms with Gasteiger partial charge in [-0.15, -0.1) is 11.3 Å². The van der Waals surface area contributed by atoms with Crippen LogP contribution < -0.4 is 0 Å². The Labute approximate surface area is 149 Å². The molecule has 4 rings (SSSR count). The summed E-state index contributed by atoms with van der Waals surface area (Å²) in [5.74, 6) is 0.914. The topological polar surface area (TPSA) is 66.9 Å². The van der Waals surface area contributed by atoms with Crippen LogP contribution in [0.4, 0.5) is 0 Å². The Hall–Kier alpha value is -2.19. The number of amides is 1. The summed E-state index contributed by atoms with van der Waals surface area (Å²) in [5, 5.41) is 6.01. The number of carbonyl (C=O) groups excluding carboxylic acids is 1. The highest BCUT2D eigenvalue weighted by molar-refractivity contribution is 7.15. The molecule has 8 heteroatoms. The average molecular weight is 359 g/mol. The lowest BCUT2D eigenvalue weighted by molar-refractivity contribution is 0.0755. The Morgan fingerprint density at radius 1 is 1.32 bits per heavy atom. The summed E-state index contributed by atoms with van der Waals surface area (Å²) in [6.07, 6.45) is 5.57. The molecule has 0 saturated carbocycles. The number of aromatic nitrogens is 3. The molecular weight excluding hydrogens is 338 g/mol. The number of rotatable bonds is 4. The number of nitrogens with zero attached hydrogens (tertiary/aromatic N) is 5. The number of imidazole rings is 1. The molecule has 0 radical (unpaired) electrons. The number of fused-ring (bicyclic) bond motifs is 1. The molecule has 0 aliphatic carbocycles. The van der Waals surface area contributed by atoms with E-state index in [0.717, 1.165) is 55.4 Å². The van der Waals surface area contributed by atoms with Crippen LogP contribution in [0.2, 0.25) is 0 Å². The van der Waals surface area contributed by atoms with E-state index in [1.807, 2.05) is 33.1 Å². The molecule has 4 heterocycles. The zero-order valence-corrected chi connectivity index (χ0v) is 15.0. The Morgan fingerprint density at radius 2 is 2.24 bits per heavy atom. The third-order valence-electron chi connectivity index (χ3n) is 4.54. The van der Waals surface area contributed by atoms with Crippen LogP contribution in [-0.2, 0) is 13.0 Å². The van der Waals surface area contributed by atoms with Crippen LogP contribution in [-0.4, -0.2) is 56.4 Å². The van der Waals surface area contributed by atoms with E-state index in [-0.39, 0.29) is 5.91 Å². The molecule has 0 spiro atoms. The molecule has 7 nitrogen and oxygen atoms in total. The maximum absolute atomic E-state index is 12.7. The van der Waals surface area contributed by atoms with Gasteiger partial charge >= 0.3 is 0 Å².